The number of aromatic nitrogens is 1. The maximum absolute atomic E-state index is 13.6. The molecule has 1 N–H and O–H groups in total. The number of hydrogen-bond acceptors (Lipinski definition) is 2. The molecule has 0 bridgehead atoms. The van der Waals surface area contributed by atoms with Gasteiger partial charge in [-0.2, -0.15) is 0 Å². The molecule has 3 aromatic rings. The molecular weight excluding hydrogens is 295 g/mol. The number of benzene rings is 2. The van der Waals surface area contributed by atoms with Gasteiger partial charge in [-0.25, -0.2) is 4.39 Å². The number of carbonyl (C=O) groups excluding carboxylic acids is 2. The standard InChI is InChI=1S/C18H15FN2O2/c1-12-14(11-22)13-6-2-5-9-17(13)21(12)10-18(23)20-16-8-4-3-7-15(16)19/h2-9,11H,10H2,1H3,(H,20,23). The third-order valence-corrected chi connectivity index (χ3v) is 3.85. The molecule has 5 heteroatoms. The molecule has 1 heterocycles. The van der Waals surface area contributed by atoms with Crippen LogP contribution >= 0.6 is 0 Å². The van der Waals surface area contributed by atoms with Gasteiger partial charge in [0.25, 0.3) is 0 Å². The predicted molar refractivity (Wildman–Crippen MR) is 87.1 cm³/mol. The Morgan fingerprint density at radius 2 is 1.87 bits per heavy atom. The van der Waals surface area contributed by atoms with Gasteiger partial charge in [-0.15, -0.1) is 0 Å². The fourth-order valence-electron chi connectivity index (χ4n) is 2.71. The van der Waals surface area contributed by atoms with Crippen molar-refractivity contribution in [2.75, 3.05) is 5.32 Å². The SMILES string of the molecule is Cc1c(C=O)c2ccccc2n1CC(=O)Nc1ccccc1F. The lowest BCUT2D eigenvalue weighted by atomic mass is 10.1. The zero-order valence-corrected chi connectivity index (χ0v) is 12.5. The summed E-state index contributed by atoms with van der Waals surface area (Å²) >= 11 is 0. The van der Waals surface area contributed by atoms with E-state index in [9.17, 15) is 14.0 Å². The van der Waals surface area contributed by atoms with E-state index < -0.39 is 5.82 Å². The molecule has 0 aliphatic carbocycles. The van der Waals surface area contributed by atoms with Crippen molar-refractivity contribution in [1.82, 2.24) is 4.57 Å². The van der Waals surface area contributed by atoms with Gasteiger partial charge in [0.1, 0.15) is 12.4 Å². The van der Waals surface area contributed by atoms with Crippen molar-refractivity contribution in [3.63, 3.8) is 0 Å². The van der Waals surface area contributed by atoms with E-state index in [1.54, 1.807) is 23.6 Å². The molecule has 0 aliphatic rings. The Kier molecular flexibility index (Phi) is 3.93. The fourth-order valence-corrected chi connectivity index (χ4v) is 2.71. The summed E-state index contributed by atoms with van der Waals surface area (Å²) in [4.78, 5) is 23.6. The number of amides is 1. The van der Waals surface area contributed by atoms with Crippen LogP contribution < -0.4 is 5.32 Å². The topological polar surface area (TPSA) is 51.1 Å². The number of fused-ring (bicyclic) bond motifs is 1. The highest BCUT2D eigenvalue weighted by Crippen LogP contribution is 2.24. The summed E-state index contributed by atoms with van der Waals surface area (Å²) < 4.78 is 15.4. The minimum atomic E-state index is -0.483. The first kappa shape index (κ1) is 15.0. The molecule has 0 atom stereocenters. The third-order valence-electron chi connectivity index (χ3n) is 3.85. The lowest BCUT2D eigenvalue weighted by molar-refractivity contribution is -0.116. The van der Waals surface area contributed by atoms with Gasteiger partial charge in [0.05, 0.1) is 5.69 Å². The minimum absolute atomic E-state index is 0.00845. The number of anilines is 1. The third kappa shape index (κ3) is 2.73. The zero-order valence-electron chi connectivity index (χ0n) is 12.5. The van der Waals surface area contributed by atoms with E-state index in [4.69, 9.17) is 0 Å². The summed E-state index contributed by atoms with van der Waals surface area (Å²) in [6, 6.07) is 13.4. The van der Waals surface area contributed by atoms with E-state index in [2.05, 4.69) is 5.32 Å². The second kappa shape index (κ2) is 6.04. The summed E-state index contributed by atoms with van der Waals surface area (Å²) in [6.07, 6.45) is 0.795. The smallest absolute Gasteiger partial charge is 0.244 e. The van der Waals surface area contributed by atoms with E-state index in [0.717, 1.165) is 17.2 Å². The molecule has 0 unspecified atom stereocenters. The molecule has 2 aromatic carbocycles. The summed E-state index contributed by atoms with van der Waals surface area (Å²) in [5.74, 6) is -0.833. The predicted octanol–water partition coefficient (Wildman–Crippen LogP) is 3.54. The molecule has 0 fully saturated rings. The van der Waals surface area contributed by atoms with Gasteiger partial charge in [0.2, 0.25) is 5.91 Å². The molecule has 0 radical (unpaired) electrons. The van der Waals surface area contributed by atoms with E-state index in [1.807, 2.05) is 24.3 Å². The minimum Gasteiger partial charge on any atom is -0.335 e. The number of halogens is 1. The Morgan fingerprint density at radius 1 is 1.17 bits per heavy atom. The van der Waals surface area contributed by atoms with Crippen molar-refractivity contribution in [2.45, 2.75) is 13.5 Å². The Labute approximate surface area is 132 Å². The van der Waals surface area contributed by atoms with Gasteiger partial charge in [-0.05, 0) is 25.1 Å². The lowest BCUT2D eigenvalue weighted by Gasteiger charge is -2.10. The highest BCUT2D eigenvalue weighted by molar-refractivity contribution is 6.00. The van der Waals surface area contributed by atoms with Crippen LogP contribution in [-0.4, -0.2) is 16.8 Å². The maximum atomic E-state index is 13.6. The monoisotopic (exact) mass is 310 g/mol. The number of rotatable bonds is 4. The second-order valence-corrected chi connectivity index (χ2v) is 5.25. The number of carbonyl (C=O) groups is 2. The van der Waals surface area contributed by atoms with Crippen LogP contribution in [0.5, 0.6) is 0 Å². The van der Waals surface area contributed by atoms with Crippen LogP contribution in [0, 0.1) is 12.7 Å². The van der Waals surface area contributed by atoms with Gasteiger partial charge in [-0.3, -0.25) is 9.59 Å². The van der Waals surface area contributed by atoms with Crippen molar-refractivity contribution in [3.8, 4) is 0 Å². The molecule has 116 valence electrons. The molecule has 0 spiro atoms. The van der Waals surface area contributed by atoms with Crippen LogP contribution in [0.2, 0.25) is 0 Å². The lowest BCUT2D eigenvalue weighted by Crippen LogP contribution is -2.20. The first-order valence-corrected chi connectivity index (χ1v) is 7.19. The zero-order chi connectivity index (χ0) is 16.4. The summed E-state index contributed by atoms with van der Waals surface area (Å²) in [7, 11) is 0. The molecule has 0 aliphatic heterocycles. The molecular formula is C18H15FN2O2. The molecule has 0 saturated carbocycles. The first-order chi connectivity index (χ1) is 11.1. The normalized spacial score (nSPS) is 10.7. The highest BCUT2D eigenvalue weighted by Gasteiger charge is 2.15. The fraction of sp³-hybridized carbons (Fsp3) is 0.111. The van der Waals surface area contributed by atoms with Gasteiger partial charge in [0.15, 0.2) is 6.29 Å². The molecule has 1 amide bonds. The van der Waals surface area contributed by atoms with Crippen molar-refractivity contribution in [1.29, 1.82) is 0 Å². The average molecular weight is 310 g/mol. The molecule has 1 aromatic heterocycles. The van der Waals surface area contributed by atoms with E-state index >= 15 is 0 Å². The van der Waals surface area contributed by atoms with Gasteiger partial charge < -0.3 is 9.88 Å². The van der Waals surface area contributed by atoms with Crippen LogP contribution in [0.3, 0.4) is 0 Å². The number of aldehydes is 1. The second-order valence-electron chi connectivity index (χ2n) is 5.25. The van der Waals surface area contributed by atoms with Crippen molar-refractivity contribution in [3.05, 3.63) is 65.6 Å². The van der Waals surface area contributed by atoms with Gasteiger partial charge in [-0.1, -0.05) is 30.3 Å². The Morgan fingerprint density at radius 3 is 2.61 bits per heavy atom. The van der Waals surface area contributed by atoms with Crippen molar-refractivity contribution < 1.29 is 14.0 Å². The number of para-hydroxylation sites is 2. The van der Waals surface area contributed by atoms with Crippen molar-refractivity contribution in [2.24, 2.45) is 0 Å². The molecule has 0 saturated heterocycles. The van der Waals surface area contributed by atoms with Crippen LogP contribution in [0.4, 0.5) is 10.1 Å². The average Bonchev–Trinajstić information content (AvgIpc) is 2.81. The molecule has 4 nitrogen and oxygen atoms in total. The molecule has 3 rings (SSSR count). The van der Waals surface area contributed by atoms with Crippen LogP contribution in [0.25, 0.3) is 10.9 Å². The number of nitrogens with one attached hydrogen (secondary N) is 1. The van der Waals surface area contributed by atoms with E-state index in [1.165, 1.54) is 12.1 Å². The Balaban J connectivity index is 1.93. The quantitative estimate of drug-likeness (QED) is 0.749. The highest BCUT2D eigenvalue weighted by atomic mass is 19.1. The number of nitrogens with zero attached hydrogens (tertiary/aromatic N) is 1. The summed E-state index contributed by atoms with van der Waals surface area (Å²) in [5.41, 5.74) is 2.22. The summed E-state index contributed by atoms with van der Waals surface area (Å²) in [6.45, 7) is 1.80. The Hall–Kier alpha value is -2.95. The van der Waals surface area contributed by atoms with Crippen molar-refractivity contribution >= 4 is 28.8 Å². The van der Waals surface area contributed by atoms with E-state index in [-0.39, 0.29) is 18.1 Å². The maximum Gasteiger partial charge on any atom is 0.244 e. The van der Waals surface area contributed by atoms with Gasteiger partial charge in [0, 0.05) is 22.2 Å². The summed E-state index contributed by atoms with van der Waals surface area (Å²) in [5, 5.41) is 3.36. The number of hydrogen-bond donors (Lipinski definition) is 1. The van der Waals surface area contributed by atoms with Crippen LogP contribution in [-0.2, 0) is 11.3 Å². The first-order valence-electron chi connectivity index (χ1n) is 7.19. The van der Waals surface area contributed by atoms with E-state index in [0.29, 0.717) is 11.3 Å². The van der Waals surface area contributed by atoms with Gasteiger partial charge >= 0.3 is 0 Å². The largest absolute Gasteiger partial charge is 0.335 e. The molecule has 23 heavy (non-hydrogen) atoms. The van der Waals surface area contributed by atoms with Crippen LogP contribution in [0.15, 0.2) is 48.5 Å². The Bertz CT molecular complexity index is 899. The van der Waals surface area contributed by atoms with Crippen LogP contribution in [0.1, 0.15) is 16.1 Å².